The van der Waals surface area contributed by atoms with Crippen LogP contribution in [0.15, 0.2) is 197 Å². The van der Waals surface area contributed by atoms with Gasteiger partial charge in [0, 0.05) is 38.2 Å². The van der Waals surface area contributed by atoms with Gasteiger partial charge in [-0.15, -0.1) is 0 Å². The third-order valence-electron chi connectivity index (χ3n) is 10.5. The summed E-state index contributed by atoms with van der Waals surface area (Å²) in [5.74, 6) is 1.80. The van der Waals surface area contributed by atoms with Gasteiger partial charge < -0.3 is 8.83 Å². The molecule has 0 amide bonds. The molecule has 0 unspecified atom stereocenters. The Labute approximate surface area is 322 Å². The zero-order valence-electron chi connectivity index (χ0n) is 30.1. The predicted octanol–water partition coefficient (Wildman–Crippen LogP) is 13.7. The molecule has 0 N–H and O–H groups in total. The fourth-order valence-electron chi connectivity index (χ4n) is 7.78. The highest BCUT2D eigenvalue weighted by molar-refractivity contribution is 6.15. The van der Waals surface area contributed by atoms with E-state index in [1.165, 1.54) is 0 Å². The van der Waals surface area contributed by atoms with Crippen LogP contribution in [0.2, 0.25) is 0 Å². The molecule has 5 heteroatoms. The fourth-order valence-corrected chi connectivity index (χ4v) is 7.78. The average molecular weight is 718 g/mol. The lowest BCUT2D eigenvalue weighted by Crippen LogP contribution is -2.00. The van der Waals surface area contributed by atoms with Crippen LogP contribution in [0.4, 0.5) is 0 Å². The van der Waals surface area contributed by atoms with Crippen molar-refractivity contribution in [3.63, 3.8) is 0 Å². The summed E-state index contributed by atoms with van der Waals surface area (Å²) in [5, 5.41) is 4.25. The van der Waals surface area contributed by atoms with Crippen LogP contribution in [0, 0.1) is 0 Å². The zero-order valence-corrected chi connectivity index (χ0v) is 30.1. The Bertz CT molecular complexity index is 3240. The standard InChI is InChI=1S/C51H31N3O2/c1-4-13-32(14-5-1)35-19-12-20-37(27-35)50-52-49(34-17-8-3-9-18-34)53-51(54-50)38-24-26-41-40-25-23-36(29-45(40)56-46(41)30-38)43-28-39(33-15-6-2-7-16-33)31-47-48(43)42-21-10-11-22-44(42)55-47/h1-31H. The van der Waals surface area contributed by atoms with Crippen molar-refractivity contribution in [3.8, 4) is 67.5 Å². The summed E-state index contributed by atoms with van der Waals surface area (Å²) in [6.45, 7) is 0. The van der Waals surface area contributed by atoms with Crippen molar-refractivity contribution in [2.75, 3.05) is 0 Å². The van der Waals surface area contributed by atoms with Gasteiger partial charge in [0.15, 0.2) is 17.5 Å². The molecule has 3 heterocycles. The Morgan fingerprint density at radius 3 is 1.45 bits per heavy atom. The lowest BCUT2D eigenvalue weighted by atomic mass is 9.94. The molecule has 5 nitrogen and oxygen atoms in total. The van der Waals surface area contributed by atoms with E-state index >= 15 is 0 Å². The van der Waals surface area contributed by atoms with E-state index in [1.807, 2.05) is 60.7 Å². The molecular weight excluding hydrogens is 687 g/mol. The molecule has 0 radical (unpaired) electrons. The van der Waals surface area contributed by atoms with Crippen LogP contribution in [0.1, 0.15) is 0 Å². The molecular formula is C51H31N3O2. The summed E-state index contributed by atoms with van der Waals surface area (Å²) in [5.41, 5.74) is 12.6. The lowest BCUT2D eigenvalue weighted by Gasteiger charge is -2.09. The van der Waals surface area contributed by atoms with E-state index in [-0.39, 0.29) is 0 Å². The van der Waals surface area contributed by atoms with Crippen molar-refractivity contribution >= 4 is 43.9 Å². The van der Waals surface area contributed by atoms with Gasteiger partial charge in [0.05, 0.1) is 0 Å². The van der Waals surface area contributed by atoms with Gasteiger partial charge in [0.2, 0.25) is 0 Å². The van der Waals surface area contributed by atoms with E-state index in [4.69, 9.17) is 23.8 Å². The Morgan fingerprint density at radius 2 is 0.750 bits per heavy atom. The minimum absolute atomic E-state index is 0.578. The summed E-state index contributed by atoms with van der Waals surface area (Å²) >= 11 is 0. The first kappa shape index (κ1) is 31.9. The van der Waals surface area contributed by atoms with Crippen LogP contribution < -0.4 is 0 Å². The molecule has 11 aromatic rings. The molecule has 262 valence electrons. The summed E-state index contributed by atoms with van der Waals surface area (Å²) in [4.78, 5) is 15.0. The minimum Gasteiger partial charge on any atom is -0.456 e. The smallest absolute Gasteiger partial charge is 0.164 e. The molecule has 0 aliphatic heterocycles. The second kappa shape index (κ2) is 13.0. The molecule has 0 fully saturated rings. The monoisotopic (exact) mass is 717 g/mol. The van der Waals surface area contributed by atoms with Crippen molar-refractivity contribution in [2.24, 2.45) is 0 Å². The molecule has 56 heavy (non-hydrogen) atoms. The van der Waals surface area contributed by atoms with Gasteiger partial charge >= 0.3 is 0 Å². The molecule has 0 aliphatic carbocycles. The number of nitrogens with zero attached hydrogens (tertiary/aromatic N) is 3. The normalized spacial score (nSPS) is 11.6. The molecule has 8 aromatic carbocycles. The Kier molecular flexibility index (Phi) is 7.42. The maximum Gasteiger partial charge on any atom is 0.164 e. The molecule has 0 bridgehead atoms. The Morgan fingerprint density at radius 1 is 0.268 bits per heavy atom. The first-order valence-electron chi connectivity index (χ1n) is 18.7. The van der Waals surface area contributed by atoms with Gasteiger partial charge in [-0.1, -0.05) is 140 Å². The van der Waals surface area contributed by atoms with Crippen LogP contribution in [0.3, 0.4) is 0 Å². The summed E-state index contributed by atoms with van der Waals surface area (Å²) in [6, 6.07) is 64.6. The van der Waals surface area contributed by atoms with Gasteiger partial charge in [-0.05, 0) is 81.9 Å². The third kappa shape index (κ3) is 5.53. The lowest BCUT2D eigenvalue weighted by molar-refractivity contribution is 0.668. The number of furan rings is 2. The number of aromatic nitrogens is 3. The van der Waals surface area contributed by atoms with Crippen molar-refractivity contribution in [1.29, 1.82) is 0 Å². The summed E-state index contributed by atoms with van der Waals surface area (Å²) in [6.07, 6.45) is 0. The second-order valence-corrected chi connectivity index (χ2v) is 14.0. The highest BCUT2D eigenvalue weighted by atomic mass is 16.3. The Hall–Kier alpha value is -7.63. The van der Waals surface area contributed by atoms with Crippen LogP contribution >= 0.6 is 0 Å². The van der Waals surface area contributed by atoms with Crippen molar-refractivity contribution < 1.29 is 8.83 Å². The molecule has 0 aliphatic rings. The highest BCUT2D eigenvalue weighted by Crippen LogP contribution is 2.42. The van der Waals surface area contributed by atoms with E-state index in [0.29, 0.717) is 17.5 Å². The first-order valence-corrected chi connectivity index (χ1v) is 18.7. The number of hydrogen-bond acceptors (Lipinski definition) is 5. The number of hydrogen-bond donors (Lipinski definition) is 0. The molecule has 11 rings (SSSR count). The molecule has 3 aromatic heterocycles. The SMILES string of the molecule is c1ccc(-c2cccc(-c3nc(-c4ccccc4)nc(-c4ccc5c(c4)oc4cc(-c6cc(-c7ccccc7)cc7oc8ccccc8c67)ccc45)n3)c2)cc1. The van der Waals surface area contributed by atoms with Crippen LogP contribution in [0.25, 0.3) is 111 Å². The van der Waals surface area contributed by atoms with Crippen molar-refractivity contribution in [2.45, 2.75) is 0 Å². The summed E-state index contributed by atoms with van der Waals surface area (Å²) < 4.78 is 13.1. The van der Waals surface area contributed by atoms with Gasteiger partial charge in [-0.3, -0.25) is 0 Å². The predicted molar refractivity (Wildman–Crippen MR) is 227 cm³/mol. The third-order valence-corrected chi connectivity index (χ3v) is 10.5. The van der Waals surface area contributed by atoms with Crippen LogP contribution in [0.5, 0.6) is 0 Å². The number of benzene rings is 8. The van der Waals surface area contributed by atoms with Crippen molar-refractivity contribution in [1.82, 2.24) is 15.0 Å². The first-order chi connectivity index (χ1) is 27.7. The van der Waals surface area contributed by atoms with Gasteiger partial charge in [-0.25, -0.2) is 15.0 Å². The van der Waals surface area contributed by atoms with E-state index in [9.17, 15) is 0 Å². The van der Waals surface area contributed by atoms with Crippen molar-refractivity contribution in [3.05, 3.63) is 188 Å². The zero-order chi connectivity index (χ0) is 37.0. The maximum atomic E-state index is 6.67. The fraction of sp³-hybridized carbons (Fsp3) is 0. The average Bonchev–Trinajstić information content (AvgIpc) is 3.84. The van der Waals surface area contributed by atoms with Crippen LogP contribution in [-0.4, -0.2) is 15.0 Å². The molecule has 0 saturated heterocycles. The molecule has 0 atom stereocenters. The minimum atomic E-state index is 0.578. The van der Waals surface area contributed by atoms with E-state index in [0.717, 1.165) is 93.9 Å². The van der Waals surface area contributed by atoms with Crippen LogP contribution in [-0.2, 0) is 0 Å². The molecule has 0 saturated carbocycles. The second-order valence-electron chi connectivity index (χ2n) is 14.0. The molecule has 0 spiro atoms. The van der Waals surface area contributed by atoms with E-state index in [1.54, 1.807) is 0 Å². The highest BCUT2D eigenvalue weighted by Gasteiger charge is 2.18. The number of fused-ring (bicyclic) bond motifs is 6. The quantitative estimate of drug-likeness (QED) is 0.171. The number of para-hydroxylation sites is 1. The Balaban J connectivity index is 1.04. The van der Waals surface area contributed by atoms with Gasteiger partial charge in [-0.2, -0.15) is 0 Å². The van der Waals surface area contributed by atoms with E-state index in [2.05, 4.69) is 127 Å². The van der Waals surface area contributed by atoms with Gasteiger partial charge in [0.25, 0.3) is 0 Å². The number of rotatable bonds is 6. The largest absolute Gasteiger partial charge is 0.456 e. The van der Waals surface area contributed by atoms with E-state index < -0.39 is 0 Å². The van der Waals surface area contributed by atoms with Gasteiger partial charge in [0.1, 0.15) is 22.3 Å². The summed E-state index contributed by atoms with van der Waals surface area (Å²) in [7, 11) is 0. The topological polar surface area (TPSA) is 65.0 Å². The maximum absolute atomic E-state index is 6.67.